The summed E-state index contributed by atoms with van der Waals surface area (Å²) in [5, 5.41) is 0. The van der Waals surface area contributed by atoms with Gasteiger partial charge in [-0.1, -0.05) is 152 Å². The standard InChI is InChI=1S/C50H43N3/c1-3-5-14-41(4-2)48-30-27-44(36-53-48)46-19-12-13-20-47(46)45-32-39(23-21-37-25-28-49(51-34-37)42-15-8-6-9-16-42)31-40(33-45)24-22-38-26-29-50(52-35-38)43-17-10-7-11-18-43/h3-20,25-36H,2,21-24H2,1H3/b5-3+,41-14?. The second-order valence-electron chi connectivity index (χ2n) is 13.2. The predicted molar refractivity (Wildman–Crippen MR) is 222 cm³/mol. The van der Waals surface area contributed by atoms with Gasteiger partial charge in [-0.05, 0) is 95.3 Å². The molecule has 0 N–H and O–H groups in total. The Labute approximate surface area is 313 Å². The molecule has 53 heavy (non-hydrogen) atoms. The fourth-order valence-electron chi connectivity index (χ4n) is 6.66. The number of aromatic nitrogens is 3. The number of allylic oxidation sites excluding steroid dienone is 5. The van der Waals surface area contributed by atoms with Crippen LogP contribution < -0.4 is 0 Å². The minimum Gasteiger partial charge on any atom is -0.256 e. The van der Waals surface area contributed by atoms with E-state index in [9.17, 15) is 0 Å². The van der Waals surface area contributed by atoms with E-state index >= 15 is 0 Å². The molecular formula is C50H43N3. The van der Waals surface area contributed by atoms with Crippen molar-refractivity contribution in [2.45, 2.75) is 32.6 Å². The highest BCUT2D eigenvalue weighted by Crippen LogP contribution is 2.34. The summed E-state index contributed by atoms with van der Waals surface area (Å²) in [6.45, 7) is 6.00. The lowest BCUT2D eigenvalue weighted by Gasteiger charge is -2.15. The van der Waals surface area contributed by atoms with Gasteiger partial charge in [-0.15, -0.1) is 0 Å². The van der Waals surface area contributed by atoms with Crippen molar-refractivity contribution in [1.29, 1.82) is 0 Å². The van der Waals surface area contributed by atoms with Crippen LogP contribution in [0.4, 0.5) is 0 Å². The van der Waals surface area contributed by atoms with Gasteiger partial charge in [0, 0.05) is 35.3 Å². The van der Waals surface area contributed by atoms with Crippen LogP contribution in [0.1, 0.15) is 34.9 Å². The van der Waals surface area contributed by atoms with Gasteiger partial charge >= 0.3 is 0 Å². The zero-order valence-electron chi connectivity index (χ0n) is 30.2. The first kappa shape index (κ1) is 35.0. The molecule has 0 saturated carbocycles. The highest BCUT2D eigenvalue weighted by molar-refractivity contribution is 5.84. The van der Waals surface area contributed by atoms with Gasteiger partial charge in [-0.2, -0.15) is 0 Å². The lowest BCUT2D eigenvalue weighted by Crippen LogP contribution is -1.99. The van der Waals surface area contributed by atoms with Crippen molar-refractivity contribution in [2.24, 2.45) is 0 Å². The van der Waals surface area contributed by atoms with E-state index in [-0.39, 0.29) is 0 Å². The molecule has 0 saturated heterocycles. The van der Waals surface area contributed by atoms with Crippen LogP contribution in [0.15, 0.2) is 189 Å². The molecule has 0 aliphatic carbocycles. The quantitative estimate of drug-likeness (QED) is 0.113. The van der Waals surface area contributed by atoms with Gasteiger partial charge in [0.25, 0.3) is 0 Å². The summed E-state index contributed by atoms with van der Waals surface area (Å²) >= 11 is 0. The number of hydrogen-bond donors (Lipinski definition) is 0. The summed E-state index contributed by atoms with van der Waals surface area (Å²) in [6.07, 6.45) is 17.6. The van der Waals surface area contributed by atoms with Gasteiger partial charge in [0.1, 0.15) is 0 Å². The average molecular weight is 686 g/mol. The number of pyridine rings is 3. The Bertz CT molecular complexity index is 2210. The number of aryl methyl sites for hydroxylation is 4. The van der Waals surface area contributed by atoms with Crippen LogP contribution in [0.5, 0.6) is 0 Å². The summed E-state index contributed by atoms with van der Waals surface area (Å²) < 4.78 is 0. The summed E-state index contributed by atoms with van der Waals surface area (Å²) in [4.78, 5) is 14.4. The smallest absolute Gasteiger partial charge is 0.0702 e. The van der Waals surface area contributed by atoms with E-state index in [4.69, 9.17) is 15.0 Å². The SMILES string of the molecule is C=CC(=C/C=C/C)c1ccc(-c2ccccc2-c2cc(CCc3ccc(-c4ccccc4)nc3)cc(CCc3ccc(-c4ccccc4)nc3)c2)cn1. The largest absolute Gasteiger partial charge is 0.256 e. The molecule has 3 heterocycles. The first-order valence-electron chi connectivity index (χ1n) is 18.3. The van der Waals surface area contributed by atoms with Crippen molar-refractivity contribution in [2.75, 3.05) is 0 Å². The van der Waals surface area contributed by atoms with Crippen molar-refractivity contribution in [3.8, 4) is 44.8 Å². The molecule has 7 aromatic rings. The van der Waals surface area contributed by atoms with Crippen molar-refractivity contribution in [3.05, 3.63) is 217 Å². The lowest BCUT2D eigenvalue weighted by atomic mass is 9.90. The Kier molecular flexibility index (Phi) is 11.3. The molecule has 3 aromatic heterocycles. The monoisotopic (exact) mass is 685 g/mol. The molecule has 0 aliphatic heterocycles. The third kappa shape index (κ3) is 8.90. The van der Waals surface area contributed by atoms with Gasteiger partial charge < -0.3 is 0 Å². The van der Waals surface area contributed by atoms with Gasteiger partial charge in [0.15, 0.2) is 0 Å². The maximum absolute atomic E-state index is 4.84. The minimum absolute atomic E-state index is 0.904. The first-order valence-corrected chi connectivity index (χ1v) is 18.3. The molecule has 0 radical (unpaired) electrons. The van der Waals surface area contributed by atoms with Gasteiger partial charge in [-0.3, -0.25) is 15.0 Å². The van der Waals surface area contributed by atoms with E-state index in [0.29, 0.717) is 0 Å². The van der Waals surface area contributed by atoms with E-state index in [0.717, 1.165) is 70.6 Å². The zero-order valence-corrected chi connectivity index (χ0v) is 30.2. The Morgan fingerprint density at radius 2 is 1.02 bits per heavy atom. The second kappa shape index (κ2) is 17.2. The maximum atomic E-state index is 4.84. The molecule has 3 heteroatoms. The molecular weight excluding hydrogens is 643 g/mol. The van der Waals surface area contributed by atoms with Crippen LogP contribution in [0.3, 0.4) is 0 Å². The predicted octanol–water partition coefficient (Wildman–Crippen LogP) is 12.3. The molecule has 0 amide bonds. The topological polar surface area (TPSA) is 38.7 Å². The van der Waals surface area contributed by atoms with Crippen LogP contribution in [-0.4, -0.2) is 15.0 Å². The van der Waals surface area contributed by atoms with E-state index in [1.165, 1.54) is 33.4 Å². The molecule has 7 rings (SSSR count). The van der Waals surface area contributed by atoms with Gasteiger partial charge in [0.2, 0.25) is 0 Å². The summed E-state index contributed by atoms with van der Waals surface area (Å²) in [5.74, 6) is 0. The Hall–Kier alpha value is -6.45. The van der Waals surface area contributed by atoms with Crippen LogP contribution in [0, 0.1) is 0 Å². The van der Waals surface area contributed by atoms with E-state index in [2.05, 4.69) is 134 Å². The van der Waals surface area contributed by atoms with Crippen molar-refractivity contribution in [1.82, 2.24) is 15.0 Å². The molecule has 0 bridgehead atoms. The van der Waals surface area contributed by atoms with Crippen LogP contribution >= 0.6 is 0 Å². The highest BCUT2D eigenvalue weighted by Gasteiger charge is 2.12. The van der Waals surface area contributed by atoms with Crippen LogP contribution in [-0.2, 0) is 25.7 Å². The number of hydrogen-bond acceptors (Lipinski definition) is 3. The molecule has 258 valence electrons. The van der Waals surface area contributed by atoms with Gasteiger partial charge in [-0.25, -0.2) is 0 Å². The Balaban J connectivity index is 1.17. The van der Waals surface area contributed by atoms with E-state index < -0.39 is 0 Å². The van der Waals surface area contributed by atoms with Crippen molar-refractivity contribution < 1.29 is 0 Å². The summed E-state index contributed by atoms with van der Waals surface area (Å²) in [7, 11) is 0. The van der Waals surface area contributed by atoms with E-state index in [1.54, 1.807) is 0 Å². The average Bonchev–Trinajstić information content (AvgIpc) is 3.23. The fourth-order valence-corrected chi connectivity index (χ4v) is 6.66. The second-order valence-corrected chi connectivity index (χ2v) is 13.2. The third-order valence-corrected chi connectivity index (χ3v) is 9.54. The van der Waals surface area contributed by atoms with Crippen LogP contribution in [0.25, 0.3) is 50.3 Å². The van der Waals surface area contributed by atoms with Crippen LogP contribution in [0.2, 0.25) is 0 Å². The van der Waals surface area contributed by atoms with E-state index in [1.807, 2.05) is 62.0 Å². The molecule has 0 fully saturated rings. The zero-order chi connectivity index (χ0) is 36.2. The number of benzene rings is 4. The normalized spacial score (nSPS) is 11.5. The van der Waals surface area contributed by atoms with Gasteiger partial charge in [0.05, 0.1) is 17.1 Å². The Morgan fingerprint density at radius 1 is 0.491 bits per heavy atom. The summed E-state index contributed by atoms with van der Waals surface area (Å²) in [5.41, 5.74) is 15.9. The van der Waals surface area contributed by atoms with Crippen molar-refractivity contribution >= 4 is 5.57 Å². The fraction of sp³-hybridized carbons (Fsp3) is 0.100. The first-order chi connectivity index (χ1) is 26.2. The molecule has 0 unspecified atom stereocenters. The molecule has 0 aliphatic rings. The molecule has 0 spiro atoms. The highest BCUT2D eigenvalue weighted by atomic mass is 14.7. The minimum atomic E-state index is 0.904. The lowest BCUT2D eigenvalue weighted by molar-refractivity contribution is 0.923. The molecule has 3 nitrogen and oxygen atoms in total. The maximum Gasteiger partial charge on any atom is 0.0702 e. The third-order valence-electron chi connectivity index (χ3n) is 9.54. The Morgan fingerprint density at radius 3 is 1.49 bits per heavy atom. The molecule has 0 atom stereocenters. The number of nitrogens with zero attached hydrogens (tertiary/aromatic N) is 3. The summed E-state index contributed by atoms with van der Waals surface area (Å²) in [6, 6.07) is 49.4. The number of rotatable bonds is 13. The molecule has 4 aromatic carbocycles. The van der Waals surface area contributed by atoms with Crippen molar-refractivity contribution in [3.63, 3.8) is 0 Å².